The van der Waals surface area contributed by atoms with Crippen LogP contribution < -0.4 is 16.0 Å². The molecule has 1 heterocycles. The summed E-state index contributed by atoms with van der Waals surface area (Å²) in [6.07, 6.45) is 2.34. The van der Waals surface area contributed by atoms with Crippen molar-refractivity contribution >= 4 is 24.2 Å². The van der Waals surface area contributed by atoms with Crippen LogP contribution in [0.1, 0.15) is 33.1 Å². The first-order valence-electron chi connectivity index (χ1n) is 6.37. The third kappa shape index (κ3) is 6.81. The minimum absolute atomic E-state index is 0. The van der Waals surface area contributed by atoms with Crippen molar-refractivity contribution in [2.24, 2.45) is 5.92 Å². The molecule has 2 amide bonds. The van der Waals surface area contributed by atoms with Gasteiger partial charge in [-0.15, -0.1) is 12.4 Å². The van der Waals surface area contributed by atoms with E-state index in [0.29, 0.717) is 13.0 Å². The zero-order valence-electron chi connectivity index (χ0n) is 11.1. The van der Waals surface area contributed by atoms with E-state index in [1.54, 1.807) is 0 Å². The van der Waals surface area contributed by atoms with Gasteiger partial charge in [0, 0.05) is 25.6 Å². The summed E-state index contributed by atoms with van der Waals surface area (Å²) >= 11 is 0. The quantitative estimate of drug-likeness (QED) is 0.683. The maximum Gasteiger partial charge on any atom is 0.224 e. The molecule has 3 N–H and O–H groups in total. The summed E-state index contributed by atoms with van der Waals surface area (Å²) in [5, 5.41) is 8.81. The first-order valence-corrected chi connectivity index (χ1v) is 6.37. The third-order valence-corrected chi connectivity index (χ3v) is 2.77. The zero-order valence-corrected chi connectivity index (χ0v) is 11.9. The van der Waals surface area contributed by atoms with Crippen LogP contribution in [-0.2, 0) is 9.59 Å². The van der Waals surface area contributed by atoms with Crippen molar-refractivity contribution in [1.82, 2.24) is 16.0 Å². The van der Waals surface area contributed by atoms with Gasteiger partial charge in [0.25, 0.3) is 0 Å². The number of halogens is 1. The lowest BCUT2D eigenvalue weighted by molar-refractivity contribution is -0.125. The molecular formula is C12H24ClN3O2. The molecule has 1 saturated heterocycles. The lowest BCUT2D eigenvalue weighted by atomic mass is 9.99. The lowest BCUT2D eigenvalue weighted by Gasteiger charge is -2.21. The second-order valence-corrected chi connectivity index (χ2v) is 4.81. The fourth-order valence-electron chi connectivity index (χ4n) is 1.91. The second-order valence-electron chi connectivity index (χ2n) is 4.81. The summed E-state index contributed by atoms with van der Waals surface area (Å²) < 4.78 is 0. The van der Waals surface area contributed by atoms with Gasteiger partial charge >= 0.3 is 0 Å². The molecule has 18 heavy (non-hydrogen) atoms. The normalized spacial score (nSPS) is 18.9. The maximum absolute atomic E-state index is 11.7. The molecule has 1 atom stereocenters. The highest BCUT2D eigenvalue weighted by atomic mass is 35.5. The highest BCUT2D eigenvalue weighted by Gasteiger charge is 2.20. The summed E-state index contributed by atoms with van der Waals surface area (Å²) in [7, 11) is 0. The van der Waals surface area contributed by atoms with E-state index in [2.05, 4.69) is 16.0 Å². The first-order chi connectivity index (χ1) is 8.09. The zero-order chi connectivity index (χ0) is 12.7. The average molecular weight is 278 g/mol. The van der Waals surface area contributed by atoms with Gasteiger partial charge in [0.05, 0.1) is 5.92 Å². The second kappa shape index (κ2) is 9.16. The van der Waals surface area contributed by atoms with Crippen LogP contribution in [0.5, 0.6) is 0 Å². The molecule has 0 radical (unpaired) electrons. The van der Waals surface area contributed by atoms with Crippen molar-refractivity contribution in [2.75, 3.05) is 19.6 Å². The van der Waals surface area contributed by atoms with Crippen LogP contribution in [0.4, 0.5) is 0 Å². The molecule has 1 aliphatic heterocycles. The number of rotatable bonds is 5. The summed E-state index contributed by atoms with van der Waals surface area (Å²) in [4.78, 5) is 23.1. The molecule has 0 saturated carbocycles. The highest BCUT2D eigenvalue weighted by Crippen LogP contribution is 2.09. The number of carbonyl (C=O) groups is 2. The Balaban J connectivity index is 0.00000289. The van der Waals surface area contributed by atoms with Crippen molar-refractivity contribution in [3.8, 4) is 0 Å². The number of piperidine rings is 1. The molecule has 6 heteroatoms. The van der Waals surface area contributed by atoms with Crippen LogP contribution in [0.3, 0.4) is 0 Å². The van der Waals surface area contributed by atoms with E-state index >= 15 is 0 Å². The number of carbonyl (C=O) groups excluding carboxylic acids is 2. The monoisotopic (exact) mass is 277 g/mol. The molecule has 0 aliphatic carbocycles. The van der Waals surface area contributed by atoms with Gasteiger partial charge in [-0.3, -0.25) is 9.59 Å². The molecular weight excluding hydrogens is 254 g/mol. The van der Waals surface area contributed by atoms with E-state index in [0.717, 1.165) is 25.9 Å². The Morgan fingerprint density at radius 1 is 1.39 bits per heavy atom. The van der Waals surface area contributed by atoms with E-state index in [4.69, 9.17) is 0 Å². The maximum atomic E-state index is 11.7. The molecule has 106 valence electrons. The third-order valence-electron chi connectivity index (χ3n) is 2.77. The Morgan fingerprint density at radius 3 is 2.67 bits per heavy atom. The minimum atomic E-state index is -0.0120. The summed E-state index contributed by atoms with van der Waals surface area (Å²) in [6.45, 7) is 6.02. The summed E-state index contributed by atoms with van der Waals surface area (Å²) in [5.41, 5.74) is 0. The Morgan fingerprint density at radius 2 is 2.11 bits per heavy atom. The molecule has 1 fully saturated rings. The van der Waals surface area contributed by atoms with Crippen molar-refractivity contribution in [3.63, 3.8) is 0 Å². The van der Waals surface area contributed by atoms with Gasteiger partial charge in [0.1, 0.15) is 0 Å². The lowest BCUT2D eigenvalue weighted by Crippen LogP contribution is -2.41. The number of hydrogen-bond donors (Lipinski definition) is 3. The largest absolute Gasteiger partial charge is 0.355 e. The van der Waals surface area contributed by atoms with Gasteiger partial charge in [-0.25, -0.2) is 0 Å². The van der Waals surface area contributed by atoms with Gasteiger partial charge < -0.3 is 16.0 Å². The Bertz CT molecular complexity index is 266. The Hall–Kier alpha value is -0.810. The molecule has 0 aromatic rings. The molecule has 0 spiro atoms. The van der Waals surface area contributed by atoms with E-state index in [1.165, 1.54) is 0 Å². The van der Waals surface area contributed by atoms with E-state index in [9.17, 15) is 9.59 Å². The number of amides is 2. The topological polar surface area (TPSA) is 70.2 Å². The molecule has 0 unspecified atom stereocenters. The van der Waals surface area contributed by atoms with E-state index in [-0.39, 0.29) is 36.2 Å². The highest BCUT2D eigenvalue weighted by molar-refractivity contribution is 5.85. The van der Waals surface area contributed by atoms with E-state index in [1.807, 2.05) is 13.8 Å². The predicted molar refractivity (Wildman–Crippen MR) is 73.7 cm³/mol. The van der Waals surface area contributed by atoms with Crippen LogP contribution >= 0.6 is 12.4 Å². The molecule has 1 aliphatic rings. The number of nitrogens with one attached hydrogen (secondary N) is 3. The molecule has 0 aromatic heterocycles. The van der Waals surface area contributed by atoms with Crippen molar-refractivity contribution in [2.45, 2.75) is 39.2 Å². The Labute approximate surface area is 115 Å². The fraction of sp³-hybridized carbons (Fsp3) is 0.833. The van der Waals surface area contributed by atoms with Crippen LogP contribution in [-0.4, -0.2) is 37.5 Å². The van der Waals surface area contributed by atoms with Crippen LogP contribution in [0.15, 0.2) is 0 Å². The van der Waals surface area contributed by atoms with Gasteiger partial charge in [-0.1, -0.05) is 0 Å². The van der Waals surface area contributed by atoms with Crippen molar-refractivity contribution < 1.29 is 9.59 Å². The van der Waals surface area contributed by atoms with Crippen LogP contribution in [0, 0.1) is 5.92 Å². The standard InChI is InChI=1S/C12H23N3O2.ClH/c1-9(2)15-11(16)5-7-14-12(17)10-4-3-6-13-8-10;/h9-10,13H,3-8H2,1-2H3,(H,14,17)(H,15,16);1H/t10-;/m1./s1. The average Bonchev–Trinajstić information content (AvgIpc) is 2.29. The molecule has 5 nitrogen and oxygen atoms in total. The van der Waals surface area contributed by atoms with Gasteiger partial charge in [-0.05, 0) is 33.2 Å². The van der Waals surface area contributed by atoms with Crippen LogP contribution in [0.25, 0.3) is 0 Å². The first kappa shape index (κ1) is 17.2. The SMILES string of the molecule is CC(C)NC(=O)CCNC(=O)[C@@H]1CCCNC1.Cl. The van der Waals surface area contributed by atoms with Crippen LogP contribution in [0.2, 0.25) is 0 Å². The van der Waals surface area contributed by atoms with Gasteiger partial charge in [0.15, 0.2) is 0 Å². The van der Waals surface area contributed by atoms with Crippen molar-refractivity contribution in [3.05, 3.63) is 0 Å². The van der Waals surface area contributed by atoms with E-state index < -0.39 is 0 Å². The molecule has 0 bridgehead atoms. The minimum Gasteiger partial charge on any atom is -0.355 e. The van der Waals surface area contributed by atoms with Gasteiger partial charge in [0.2, 0.25) is 11.8 Å². The van der Waals surface area contributed by atoms with Crippen molar-refractivity contribution in [1.29, 1.82) is 0 Å². The predicted octanol–water partition coefficient (Wildman–Crippen LogP) is 0.439. The Kier molecular flexibility index (Phi) is 8.75. The molecule has 1 rings (SSSR count). The molecule has 0 aromatic carbocycles. The summed E-state index contributed by atoms with van der Waals surface area (Å²) in [6, 6.07) is 0.153. The number of hydrogen-bond acceptors (Lipinski definition) is 3. The summed E-state index contributed by atoms with van der Waals surface area (Å²) in [5.74, 6) is 0.119. The van der Waals surface area contributed by atoms with Gasteiger partial charge in [-0.2, -0.15) is 0 Å². The fourth-order valence-corrected chi connectivity index (χ4v) is 1.91. The smallest absolute Gasteiger partial charge is 0.224 e.